The first kappa shape index (κ1) is 16.7. The Bertz CT molecular complexity index is 1450. The maximum Gasteiger partial charge on any atom is 0.325 e. The molecule has 0 unspecified atom stereocenters. The van der Waals surface area contributed by atoms with E-state index in [1.54, 1.807) is 6.07 Å². The molecule has 0 bridgehead atoms. The molecule has 3 heterocycles. The minimum Gasteiger partial charge on any atom is -0.481 e. The minimum absolute atomic E-state index is 0.0370. The molecule has 0 saturated carbocycles. The maximum atomic E-state index is 12.9. The predicted molar refractivity (Wildman–Crippen MR) is 134 cm³/mol. The van der Waals surface area contributed by atoms with Crippen molar-refractivity contribution in [3.8, 4) is 11.9 Å². The van der Waals surface area contributed by atoms with Crippen LogP contribution < -0.4 is 30.3 Å². The van der Waals surface area contributed by atoms with Crippen LogP contribution >= 0.6 is 11.3 Å². The van der Waals surface area contributed by atoms with Crippen LogP contribution in [0.2, 0.25) is 0 Å². The first-order valence-electron chi connectivity index (χ1n) is 13.9. The zero-order chi connectivity index (χ0) is 30.9. The molecular weight excluding hydrogens is 470 g/mol. The summed E-state index contributed by atoms with van der Waals surface area (Å²) in [4.78, 5) is 41.6. The van der Waals surface area contributed by atoms with Crippen LogP contribution in [-0.4, -0.2) is 53.7 Å². The average Bonchev–Trinajstić information content (AvgIpc) is 3.32. The van der Waals surface area contributed by atoms with E-state index in [0.717, 1.165) is 10.6 Å². The largest absolute Gasteiger partial charge is 0.481 e. The van der Waals surface area contributed by atoms with Gasteiger partial charge in [-0.25, -0.2) is 9.78 Å². The highest BCUT2D eigenvalue weighted by atomic mass is 32.1. The van der Waals surface area contributed by atoms with Crippen molar-refractivity contribution >= 4 is 39.9 Å². The fraction of sp³-hybridized carbons (Fsp3) is 0.348. The Labute approximate surface area is 216 Å². The summed E-state index contributed by atoms with van der Waals surface area (Å²) < 4.78 is 63.5. The standard InChI is InChI=1S/C23H27N7O4S/c1-13(2)24-20(31)14-7-5-6-8-15(14)25-21(32)29-23-26-16-9-10-30(12-17(16)35-23)18-11-19(33-3)28-22(27-18)34-4/h5-8,11,13H,9-10,12H2,1-4H3,(H,24,31)(H2,25,26,29,32)/i1D3,2D3,13D. The van der Waals surface area contributed by atoms with Crippen LogP contribution in [0.4, 0.5) is 21.4 Å². The summed E-state index contributed by atoms with van der Waals surface area (Å²) in [7, 11) is 2.95. The Kier molecular flexibility index (Phi) is 5.02. The van der Waals surface area contributed by atoms with Crippen molar-refractivity contribution in [3.63, 3.8) is 0 Å². The fourth-order valence-corrected chi connectivity index (χ4v) is 4.44. The third-order valence-corrected chi connectivity index (χ3v) is 5.99. The first-order valence-corrected chi connectivity index (χ1v) is 11.2. The van der Waals surface area contributed by atoms with Gasteiger partial charge in [0.2, 0.25) is 5.88 Å². The van der Waals surface area contributed by atoms with Gasteiger partial charge in [-0.15, -0.1) is 0 Å². The van der Waals surface area contributed by atoms with E-state index in [-0.39, 0.29) is 17.3 Å². The maximum absolute atomic E-state index is 12.9. The molecule has 1 aromatic carbocycles. The van der Waals surface area contributed by atoms with Gasteiger partial charge in [0.25, 0.3) is 5.91 Å². The lowest BCUT2D eigenvalue weighted by Gasteiger charge is -2.27. The smallest absolute Gasteiger partial charge is 0.325 e. The molecule has 11 nitrogen and oxygen atoms in total. The molecule has 3 amide bonds. The van der Waals surface area contributed by atoms with Crippen LogP contribution in [-0.2, 0) is 13.0 Å². The van der Waals surface area contributed by atoms with Crippen molar-refractivity contribution in [1.29, 1.82) is 0 Å². The Morgan fingerprint density at radius 2 is 2.00 bits per heavy atom. The Morgan fingerprint density at radius 1 is 1.17 bits per heavy atom. The van der Waals surface area contributed by atoms with Crippen molar-refractivity contribution in [2.24, 2.45) is 0 Å². The highest BCUT2D eigenvalue weighted by Gasteiger charge is 2.24. The molecule has 0 fully saturated rings. The molecule has 0 saturated heterocycles. The van der Waals surface area contributed by atoms with Gasteiger partial charge < -0.3 is 25.0 Å². The van der Waals surface area contributed by atoms with Crippen LogP contribution in [0.1, 0.15) is 44.2 Å². The molecule has 0 atom stereocenters. The molecule has 12 heteroatoms. The van der Waals surface area contributed by atoms with E-state index in [0.29, 0.717) is 36.3 Å². The number of methoxy groups -OCH3 is 2. The van der Waals surface area contributed by atoms with Gasteiger partial charge in [0.1, 0.15) is 5.82 Å². The number of hydrogen-bond donors (Lipinski definition) is 3. The van der Waals surface area contributed by atoms with Crippen molar-refractivity contribution < 1.29 is 28.7 Å². The number of para-hydroxylation sites is 1. The summed E-state index contributed by atoms with van der Waals surface area (Å²) in [5.41, 5.74) is 0.535. The van der Waals surface area contributed by atoms with Gasteiger partial charge in [-0.1, -0.05) is 23.5 Å². The Balaban J connectivity index is 1.46. The molecule has 3 aromatic rings. The molecule has 2 aromatic heterocycles. The van der Waals surface area contributed by atoms with Crippen LogP contribution in [0.3, 0.4) is 0 Å². The number of amides is 3. The number of nitrogens with one attached hydrogen (secondary N) is 3. The number of anilines is 3. The molecule has 0 aliphatic carbocycles. The van der Waals surface area contributed by atoms with Gasteiger partial charge >= 0.3 is 12.0 Å². The van der Waals surface area contributed by atoms with Gasteiger partial charge in [-0.3, -0.25) is 10.1 Å². The molecule has 3 N–H and O–H groups in total. The number of carbonyl (C=O) groups excluding carboxylic acids is 2. The van der Waals surface area contributed by atoms with E-state index in [1.165, 1.54) is 49.8 Å². The van der Waals surface area contributed by atoms with E-state index in [4.69, 9.17) is 19.1 Å². The number of carbonyl (C=O) groups is 2. The lowest BCUT2D eigenvalue weighted by atomic mass is 10.1. The molecule has 184 valence electrons. The Morgan fingerprint density at radius 3 is 2.77 bits per heavy atom. The quantitative estimate of drug-likeness (QED) is 0.447. The molecular formula is C23H27N7O4S. The first-order chi connectivity index (χ1) is 19.6. The number of hydrogen-bond acceptors (Lipinski definition) is 9. The van der Waals surface area contributed by atoms with E-state index < -0.39 is 31.7 Å². The van der Waals surface area contributed by atoms with Crippen molar-refractivity contribution in [3.05, 3.63) is 46.5 Å². The predicted octanol–water partition coefficient (Wildman–Crippen LogP) is 3.30. The molecule has 1 aliphatic heterocycles. The van der Waals surface area contributed by atoms with Crippen molar-refractivity contribution in [1.82, 2.24) is 20.3 Å². The Hall–Kier alpha value is -3.93. The van der Waals surface area contributed by atoms with Crippen LogP contribution in [0.5, 0.6) is 11.9 Å². The number of thiazole rings is 1. The summed E-state index contributed by atoms with van der Waals surface area (Å²) >= 11 is 1.26. The van der Waals surface area contributed by atoms with E-state index >= 15 is 0 Å². The normalized spacial score (nSPS) is 16.6. The van der Waals surface area contributed by atoms with Gasteiger partial charge in [0.15, 0.2) is 5.13 Å². The highest BCUT2D eigenvalue weighted by Crippen LogP contribution is 2.31. The number of ether oxygens (including phenoxy) is 2. The van der Waals surface area contributed by atoms with Crippen molar-refractivity contribution in [2.75, 3.05) is 36.3 Å². The summed E-state index contributed by atoms with van der Waals surface area (Å²) in [5, 5.41) is 7.24. The monoisotopic (exact) mass is 504 g/mol. The van der Waals surface area contributed by atoms with Gasteiger partial charge in [0.05, 0.1) is 39.1 Å². The van der Waals surface area contributed by atoms with Gasteiger partial charge in [0, 0.05) is 38.2 Å². The summed E-state index contributed by atoms with van der Waals surface area (Å²) in [6.07, 6.45) is 0.578. The number of benzene rings is 1. The second-order valence-corrected chi connectivity index (χ2v) is 8.35. The number of nitrogens with zero attached hydrogens (tertiary/aromatic N) is 4. The second kappa shape index (κ2) is 10.6. The number of fused-ring (bicyclic) bond motifs is 1. The van der Waals surface area contributed by atoms with E-state index in [9.17, 15) is 9.59 Å². The molecule has 0 radical (unpaired) electrons. The SMILES string of the molecule is [2H]C([2H])([2H])C([2H])(NC(=O)c1ccccc1NC(=O)Nc1nc2c(s1)CN(c1cc(OC)nc(OC)n1)CC2)C([2H])([2H])[2H]. The molecule has 0 spiro atoms. The fourth-order valence-electron chi connectivity index (χ4n) is 3.42. The summed E-state index contributed by atoms with van der Waals surface area (Å²) in [6.45, 7) is -5.67. The van der Waals surface area contributed by atoms with E-state index in [2.05, 4.69) is 25.6 Å². The third-order valence-electron chi connectivity index (χ3n) is 4.99. The minimum atomic E-state index is -3.36. The zero-order valence-electron chi connectivity index (χ0n) is 25.8. The number of aromatic nitrogens is 3. The average molecular weight is 505 g/mol. The lowest BCUT2D eigenvalue weighted by molar-refractivity contribution is 0.0944. The van der Waals surface area contributed by atoms with Gasteiger partial charge in [-0.2, -0.15) is 9.97 Å². The molecule has 4 rings (SSSR count). The molecule has 35 heavy (non-hydrogen) atoms. The van der Waals surface area contributed by atoms with Crippen molar-refractivity contribution in [2.45, 2.75) is 32.7 Å². The van der Waals surface area contributed by atoms with Crippen LogP contribution in [0, 0.1) is 0 Å². The summed E-state index contributed by atoms with van der Waals surface area (Å²) in [5.74, 6) is -0.199. The topological polar surface area (TPSA) is 131 Å². The number of urea groups is 1. The molecule has 1 aliphatic rings. The van der Waals surface area contributed by atoms with Crippen LogP contribution in [0.25, 0.3) is 0 Å². The second-order valence-electron chi connectivity index (χ2n) is 7.27. The van der Waals surface area contributed by atoms with E-state index in [1.807, 2.05) is 10.2 Å². The highest BCUT2D eigenvalue weighted by molar-refractivity contribution is 7.15. The number of rotatable bonds is 7. The lowest BCUT2D eigenvalue weighted by Crippen LogP contribution is -2.31. The summed E-state index contributed by atoms with van der Waals surface area (Å²) in [6, 6.07) is 3.43. The van der Waals surface area contributed by atoms with Gasteiger partial charge in [-0.05, 0) is 25.8 Å². The third kappa shape index (κ3) is 5.77. The van der Waals surface area contributed by atoms with Crippen LogP contribution in [0.15, 0.2) is 30.3 Å². The zero-order valence-corrected chi connectivity index (χ0v) is 19.7.